The van der Waals surface area contributed by atoms with Gasteiger partial charge in [0.05, 0.1) is 16.6 Å². The van der Waals surface area contributed by atoms with Gasteiger partial charge in [0, 0.05) is 23.2 Å². The van der Waals surface area contributed by atoms with Crippen LogP contribution in [0.2, 0.25) is 0 Å². The predicted molar refractivity (Wildman–Crippen MR) is 110 cm³/mol. The van der Waals surface area contributed by atoms with Crippen LogP contribution in [-0.2, 0) is 14.8 Å². The molecule has 0 spiro atoms. The van der Waals surface area contributed by atoms with E-state index in [1.54, 1.807) is 24.3 Å². The van der Waals surface area contributed by atoms with Gasteiger partial charge in [-0.05, 0) is 59.1 Å². The van der Waals surface area contributed by atoms with E-state index in [0.717, 1.165) is 12.8 Å². The predicted octanol–water partition coefficient (Wildman–Crippen LogP) is 1.98. The molecule has 29 heavy (non-hydrogen) atoms. The molecular weight excluding hydrogens is 462 g/mol. The zero-order valence-electron chi connectivity index (χ0n) is 15.4. The quantitative estimate of drug-likeness (QED) is 0.545. The summed E-state index contributed by atoms with van der Waals surface area (Å²) < 4.78 is 33.5. The lowest BCUT2D eigenvalue weighted by Gasteiger charge is -2.12. The van der Waals surface area contributed by atoms with Crippen molar-refractivity contribution in [1.29, 1.82) is 0 Å². The monoisotopic (exact) mass is 481 g/mol. The fourth-order valence-electron chi connectivity index (χ4n) is 2.79. The molecule has 0 aliphatic carbocycles. The van der Waals surface area contributed by atoms with Crippen LogP contribution in [0.3, 0.4) is 0 Å². The molecule has 0 bridgehead atoms. The van der Waals surface area contributed by atoms with Crippen LogP contribution in [0.4, 0.5) is 0 Å². The van der Waals surface area contributed by atoms with Crippen LogP contribution in [0.5, 0.6) is 0 Å². The van der Waals surface area contributed by atoms with Crippen molar-refractivity contribution in [2.75, 3.05) is 13.2 Å². The van der Waals surface area contributed by atoms with E-state index in [-0.39, 0.29) is 23.1 Å². The summed E-state index contributed by atoms with van der Waals surface area (Å²) in [6, 6.07) is 12.3. The number of sulfonamides is 1. The number of nitrogens with one attached hydrogen (secondary N) is 3. The second-order valence-electron chi connectivity index (χ2n) is 6.40. The molecular formula is C19H20BrN3O5S. The molecule has 1 atom stereocenters. The molecule has 1 heterocycles. The summed E-state index contributed by atoms with van der Waals surface area (Å²) in [5.41, 5.74) is 5.04. The highest BCUT2D eigenvalue weighted by molar-refractivity contribution is 9.10. The Bertz CT molecular complexity index is 1010. The highest BCUT2D eigenvalue weighted by Gasteiger charge is 2.21. The van der Waals surface area contributed by atoms with Gasteiger partial charge in [0.1, 0.15) is 0 Å². The van der Waals surface area contributed by atoms with Crippen LogP contribution < -0.4 is 15.6 Å². The Balaban J connectivity index is 1.62. The van der Waals surface area contributed by atoms with Gasteiger partial charge in [0.15, 0.2) is 0 Å². The third kappa shape index (κ3) is 5.63. The third-order valence-electron chi connectivity index (χ3n) is 4.34. The van der Waals surface area contributed by atoms with Crippen LogP contribution in [0.1, 0.15) is 33.6 Å². The number of amides is 2. The average Bonchev–Trinajstić information content (AvgIpc) is 3.24. The van der Waals surface area contributed by atoms with E-state index in [4.69, 9.17) is 4.74 Å². The lowest BCUT2D eigenvalue weighted by molar-refractivity contribution is 0.0846. The van der Waals surface area contributed by atoms with Crippen LogP contribution in [0.15, 0.2) is 57.9 Å². The molecule has 2 amide bonds. The maximum Gasteiger partial charge on any atom is 0.270 e. The summed E-state index contributed by atoms with van der Waals surface area (Å²) in [4.78, 5) is 24.5. The first-order valence-electron chi connectivity index (χ1n) is 8.93. The smallest absolute Gasteiger partial charge is 0.270 e. The summed E-state index contributed by atoms with van der Waals surface area (Å²) in [7, 11) is -3.79. The minimum Gasteiger partial charge on any atom is -0.377 e. The molecule has 1 fully saturated rings. The standard InChI is InChI=1S/C19H20BrN3O5S/c20-17-9-2-1-8-16(17)19(25)23-22-18(24)13-5-3-7-15(11-13)29(26,27)21-12-14-6-4-10-28-14/h1-3,5,7-9,11,14,21H,4,6,10,12H2,(H,22,24)(H,23,25). The zero-order chi connectivity index (χ0) is 20.9. The van der Waals surface area contributed by atoms with Crippen LogP contribution in [0.25, 0.3) is 0 Å². The number of hydrogen-bond donors (Lipinski definition) is 3. The Labute approximate surface area is 177 Å². The molecule has 1 aliphatic rings. The van der Waals surface area contributed by atoms with Crippen molar-refractivity contribution < 1.29 is 22.7 Å². The van der Waals surface area contributed by atoms with E-state index in [1.165, 1.54) is 24.3 Å². The van der Waals surface area contributed by atoms with E-state index in [0.29, 0.717) is 16.6 Å². The molecule has 0 radical (unpaired) electrons. The zero-order valence-corrected chi connectivity index (χ0v) is 17.8. The van der Waals surface area contributed by atoms with E-state index in [1.807, 2.05) is 0 Å². The minimum atomic E-state index is -3.79. The van der Waals surface area contributed by atoms with E-state index < -0.39 is 21.8 Å². The molecule has 1 aliphatic heterocycles. The van der Waals surface area contributed by atoms with Gasteiger partial charge >= 0.3 is 0 Å². The molecule has 3 rings (SSSR count). The van der Waals surface area contributed by atoms with Crippen molar-refractivity contribution in [1.82, 2.24) is 15.6 Å². The number of hydrogen-bond acceptors (Lipinski definition) is 5. The first-order chi connectivity index (χ1) is 13.9. The molecule has 2 aromatic carbocycles. The largest absolute Gasteiger partial charge is 0.377 e. The second kappa shape index (κ2) is 9.49. The van der Waals surface area contributed by atoms with Crippen LogP contribution in [0, 0.1) is 0 Å². The van der Waals surface area contributed by atoms with E-state index >= 15 is 0 Å². The van der Waals surface area contributed by atoms with Gasteiger partial charge in [0.2, 0.25) is 10.0 Å². The number of halogens is 1. The van der Waals surface area contributed by atoms with Gasteiger partial charge in [-0.2, -0.15) is 0 Å². The molecule has 3 N–H and O–H groups in total. The van der Waals surface area contributed by atoms with Gasteiger partial charge in [-0.25, -0.2) is 13.1 Å². The maximum absolute atomic E-state index is 12.5. The summed E-state index contributed by atoms with van der Waals surface area (Å²) in [5.74, 6) is -1.14. The Hall–Kier alpha value is -2.27. The first kappa shape index (κ1) is 21.4. The van der Waals surface area contributed by atoms with Crippen LogP contribution in [-0.4, -0.2) is 39.5 Å². The van der Waals surface area contributed by atoms with Crippen molar-refractivity contribution >= 4 is 37.8 Å². The summed E-state index contributed by atoms with van der Waals surface area (Å²) in [6.45, 7) is 0.814. The van der Waals surface area contributed by atoms with E-state index in [9.17, 15) is 18.0 Å². The summed E-state index contributed by atoms with van der Waals surface area (Å²) in [6.07, 6.45) is 1.58. The maximum atomic E-state index is 12.5. The van der Waals surface area contributed by atoms with Gasteiger partial charge in [-0.1, -0.05) is 18.2 Å². The van der Waals surface area contributed by atoms with Gasteiger partial charge in [-0.15, -0.1) is 0 Å². The first-order valence-corrected chi connectivity index (χ1v) is 11.2. The number of hydrazine groups is 1. The second-order valence-corrected chi connectivity index (χ2v) is 9.02. The highest BCUT2D eigenvalue weighted by atomic mass is 79.9. The van der Waals surface area contributed by atoms with Crippen molar-refractivity contribution in [2.45, 2.75) is 23.8 Å². The normalized spacial score (nSPS) is 16.4. The average molecular weight is 482 g/mol. The van der Waals surface area contributed by atoms with Gasteiger partial charge < -0.3 is 4.74 Å². The topological polar surface area (TPSA) is 114 Å². The SMILES string of the molecule is O=C(NNC(=O)c1ccccc1Br)c1cccc(S(=O)(=O)NCC2CCCO2)c1. The van der Waals surface area contributed by atoms with Crippen molar-refractivity contribution in [3.05, 3.63) is 64.1 Å². The molecule has 0 saturated carbocycles. The Kier molecular flexibility index (Phi) is 7.01. The number of carbonyl (C=O) groups excluding carboxylic acids is 2. The van der Waals surface area contributed by atoms with E-state index in [2.05, 4.69) is 31.5 Å². The summed E-state index contributed by atoms with van der Waals surface area (Å²) >= 11 is 3.26. The third-order valence-corrected chi connectivity index (χ3v) is 6.45. The van der Waals surface area contributed by atoms with Crippen LogP contribution >= 0.6 is 15.9 Å². The highest BCUT2D eigenvalue weighted by Crippen LogP contribution is 2.16. The number of benzene rings is 2. The Morgan fingerprint density at radius 1 is 1.07 bits per heavy atom. The van der Waals surface area contributed by atoms with Crippen molar-refractivity contribution in [3.8, 4) is 0 Å². The molecule has 1 saturated heterocycles. The van der Waals surface area contributed by atoms with Crippen molar-refractivity contribution in [3.63, 3.8) is 0 Å². The molecule has 154 valence electrons. The molecule has 0 aromatic heterocycles. The fraction of sp³-hybridized carbons (Fsp3) is 0.263. The summed E-state index contributed by atoms with van der Waals surface area (Å²) in [5, 5.41) is 0. The Morgan fingerprint density at radius 3 is 2.55 bits per heavy atom. The lowest BCUT2D eigenvalue weighted by Crippen LogP contribution is -2.41. The molecule has 2 aromatic rings. The number of ether oxygens (including phenoxy) is 1. The fourth-order valence-corrected chi connectivity index (χ4v) is 4.37. The Morgan fingerprint density at radius 2 is 1.83 bits per heavy atom. The number of rotatable bonds is 6. The molecule has 8 nitrogen and oxygen atoms in total. The van der Waals surface area contributed by atoms with Gasteiger partial charge in [-0.3, -0.25) is 20.4 Å². The molecule has 10 heteroatoms. The molecule has 1 unspecified atom stereocenters. The van der Waals surface area contributed by atoms with Gasteiger partial charge in [0.25, 0.3) is 11.8 Å². The lowest BCUT2D eigenvalue weighted by atomic mass is 10.2. The van der Waals surface area contributed by atoms with Crippen molar-refractivity contribution in [2.24, 2.45) is 0 Å². The minimum absolute atomic E-state index is 0.0414. The number of carbonyl (C=O) groups is 2.